The molecule has 0 aliphatic carbocycles. The minimum atomic E-state index is -0.817. The van der Waals surface area contributed by atoms with Gasteiger partial charge in [0.25, 0.3) is 0 Å². The Bertz CT molecular complexity index is 1400. The van der Waals surface area contributed by atoms with Crippen molar-refractivity contribution in [2.75, 3.05) is 13.2 Å². The van der Waals surface area contributed by atoms with Crippen molar-refractivity contribution in [3.05, 3.63) is 85.1 Å². The van der Waals surface area contributed by atoms with E-state index in [1.54, 1.807) is 0 Å². The van der Waals surface area contributed by atoms with Gasteiger partial charge in [0.05, 0.1) is 0 Å². The number of rotatable bonds is 56. The van der Waals surface area contributed by atoms with Crippen LogP contribution in [-0.4, -0.2) is 37.2 Å². The molecular formula is C67H116O6. The van der Waals surface area contributed by atoms with E-state index in [2.05, 4.69) is 99.8 Å². The Balaban J connectivity index is 4.45. The molecule has 0 bridgehead atoms. The summed E-state index contributed by atoms with van der Waals surface area (Å²) in [7, 11) is 0. The molecule has 0 heterocycles. The summed E-state index contributed by atoms with van der Waals surface area (Å²) in [6, 6.07) is 0. The minimum Gasteiger partial charge on any atom is -0.462 e. The van der Waals surface area contributed by atoms with Crippen molar-refractivity contribution in [3.8, 4) is 0 Å². The molecule has 0 rings (SSSR count). The van der Waals surface area contributed by atoms with Crippen molar-refractivity contribution in [3.63, 3.8) is 0 Å². The molecular weight excluding hydrogens is 901 g/mol. The number of esters is 3. The van der Waals surface area contributed by atoms with Gasteiger partial charge in [0.2, 0.25) is 0 Å². The second-order valence-corrected chi connectivity index (χ2v) is 20.6. The molecule has 0 amide bonds. The van der Waals surface area contributed by atoms with Gasteiger partial charge in [-0.05, 0) is 83.5 Å². The fourth-order valence-electron chi connectivity index (χ4n) is 8.76. The van der Waals surface area contributed by atoms with Gasteiger partial charge in [0.15, 0.2) is 6.10 Å². The molecule has 0 aromatic rings. The number of ether oxygens (including phenoxy) is 3. The van der Waals surface area contributed by atoms with Gasteiger partial charge in [-0.1, -0.05) is 286 Å². The lowest BCUT2D eigenvalue weighted by molar-refractivity contribution is -0.166. The number of allylic oxidation sites excluding steroid dienone is 14. The highest BCUT2D eigenvalue weighted by molar-refractivity contribution is 5.71. The predicted octanol–water partition coefficient (Wildman–Crippen LogP) is 21.1. The molecule has 6 heteroatoms. The smallest absolute Gasteiger partial charge is 0.306 e. The topological polar surface area (TPSA) is 78.9 Å². The van der Waals surface area contributed by atoms with Crippen LogP contribution in [0.2, 0.25) is 0 Å². The molecule has 73 heavy (non-hydrogen) atoms. The van der Waals surface area contributed by atoms with Gasteiger partial charge in [0.1, 0.15) is 13.2 Å². The molecule has 0 saturated heterocycles. The zero-order valence-corrected chi connectivity index (χ0v) is 48.1. The average Bonchev–Trinajstić information content (AvgIpc) is 3.39. The van der Waals surface area contributed by atoms with Crippen LogP contribution in [0.15, 0.2) is 85.1 Å². The van der Waals surface area contributed by atoms with Crippen molar-refractivity contribution >= 4 is 17.9 Å². The normalized spacial score (nSPS) is 12.6. The summed E-state index contributed by atoms with van der Waals surface area (Å²) in [5.74, 6) is -0.980. The molecule has 0 spiro atoms. The highest BCUT2D eigenvalue weighted by Crippen LogP contribution is 2.16. The summed E-state index contributed by atoms with van der Waals surface area (Å²) >= 11 is 0. The van der Waals surface area contributed by atoms with Crippen molar-refractivity contribution in [2.45, 2.75) is 309 Å². The van der Waals surface area contributed by atoms with Crippen LogP contribution < -0.4 is 0 Å². The summed E-state index contributed by atoms with van der Waals surface area (Å²) in [6.07, 6.45) is 80.2. The molecule has 0 aromatic heterocycles. The summed E-state index contributed by atoms with van der Waals surface area (Å²) in [5, 5.41) is 0. The first-order valence-electron chi connectivity index (χ1n) is 31.1. The summed E-state index contributed by atoms with van der Waals surface area (Å²) < 4.78 is 16.8. The van der Waals surface area contributed by atoms with Gasteiger partial charge in [-0.3, -0.25) is 14.4 Å². The van der Waals surface area contributed by atoms with Crippen LogP contribution in [0.1, 0.15) is 303 Å². The first kappa shape index (κ1) is 69.6. The largest absolute Gasteiger partial charge is 0.462 e. The minimum absolute atomic E-state index is 0.105. The van der Waals surface area contributed by atoms with Gasteiger partial charge in [-0.2, -0.15) is 0 Å². The molecule has 0 aliphatic rings. The number of hydrogen-bond acceptors (Lipinski definition) is 6. The Morgan fingerprint density at radius 2 is 0.562 bits per heavy atom. The molecule has 1 unspecified atom stereocenters. The van der Waals surface area contributed by atoms with Gasteiger partial charge >= 0.3 is 17.9 Å². The maximum absolute atomic E-state index is 12.9. The quantitative estimate of drug-likeness (QED) is 0.0261. The lowest BCUT2D eigenvalue weighted by atomic mass is 10.0. The lowest BCUT2D eigenvalue weighted by Crippen LogP contribution is -2.30. The Hall–Kier alpha value is -3.41. The maximum atomic E-state index is 12.9. The van der Waals surface area contributed by atoms with Crippen LogP contribution in [0.4, 0.5) is 0 Å². The highest BCUT2D eigenvalue weighted by Gasteiger charge is 2.19. The fourth-order valence-corrected chi connectivity index (χ4v) is 8.76. The van der Waals surface area contributed by atoms with E-state index in [0.29, 0.717) is 19.3 Å². The zero-order valence-electron chi connectivity index (χ0n) is 48.1. The van der Waals surface area contributed by atoms with Crippen LogP contribution in [-0.2, 0) is 28.6 Å². The van der Waals surface area contributed by atoms with Gasteiger partial charge < -0.3 is 14.2 Å². The van der Waals surface area contributed by atoms with E-state index in [9.17, 15) is 14.4 Å². The summed E-state index contributed by atoms with van der Waals surface area (Å²) in [4.78, 5) is 38.2. The van der Waals surface area contributed by atoms with E-state index in [-0.39, 0.29) is 37.5 Å². The zero-order chi connectivity index (χ0) is 52.9. The Kier molecular flexibility index (Phi) is 58.3. The third kappa shape index (κ3) is 59.3. The Morgan fingerprint density at radius 3 is 0.890 bits per heavy atom. The molecule has 6 nitrogen and oxygen atoms in total. The number of unbranched alkanes of at least 4 members (excludes halogenated alkanes) is 31. The highest BCUT2D eigenvalue weighted by atomic mass is 16.6. The third-order valence-electron chi connectivity index (χ3n) is 13.4. The molecule has 0 aromatic carbocycles. The van der Waals surface area contributed by atoms with E-state index in [1.165, 1.54) is 180 Å². The second kappa shape index (κ2) is 61.1. The van der Waals surface area contributed by atoms with Crippen LogP contribution in [0.25, 0.3) is 0 Å². The van der Waals surface area contributed by atoms with Gasteiger partial charge in [0, 0.05) is 19.3 Å². The fraction of sp³-hybridized carbons (Fsp3) is 0.746. The predicted molar refractivity (Wildman–Crippen MR) is 316 cm³/mol. The standard InChI is InChI=1S/C67H116O6/c1-4-7-10-13-16-19-22-25-28-30-32-33-35-36-39-42-45-48-51-54-57-60-66(69)72-63-64(62-71-65(68)59-56-53-50-47-44-41-38-27-24-21-18-15-12-9-6-3)73-67(70)61-58-55-52-49-46-43-40-37-34-31-29-26-23-20-17-14-11-8-5-2/h8,11,17,20,26,29-30,32,34,37,43,46,52,55,64H,4-7,9-10,12-16,18-19,21-25,27-28,31,33,35-36,38-42,44-45,47-51,53-54,56-63H2,1-3H3/b11-8-,20-17-,29-26-,32-30-,37-34-,46-43-,55-52-. The first-order valence-corrected chi connectivity index (χ1v) is 31.1. The molecule has 0 N–H and O–H groups in total. The van der Waals surface area contributed by atoms with Crippen LogP contribution >= 0.6 is 0 Å². The number of carbonyl (C=O) groups is 3. The molecule has 0 radical (unpaired) electrons. The van der Waals surface area contributed by atoms with E-state index in [1.807, 2.05) is 6.08 Å². The molecule has 0 saturated carbocycles. The maximum Gasteiger partial charge on any atom is 0.306 e. The van der Waals surface area contributed by atoms with Crippen molar-refractivity contribution in [1.82, 2.24) is 0 Å². The van der Waals surface area contributed by atoms with E-state index >= 15 is 0 Å². The summed E-state index contributed by atoms with van der Waals surface area (Å²) in [5.41, 5.74) is 0. The van der Waals surface area contributed by atoms with Gasteiger partial charge in [-0.25, -0.2) is 0 Å². The number of carbonyl (C=O) groups excluding carboxylic acids is 3. The second-order valence-electron chi connectivity index (χ2n) is 20.6. The van der Waals surface area contributed by atoms with Crippen LogP contribution in [0.3, 0.4) is 0 Å². The van der Waals surface area contributed by atoms with Crippen LogP contribution in [0, 0.1) is 0 Å². The average molecular weight is 1020 g/mol. The van der Waals surface area contributed by atoms with E-state index in [4.69, 9.17) is 14.2 Å². The van der Waals surface area contributed by atoms with E-state index < -0.39 is 6.10 Å². The van der Waals surface area contributed by atoms with Crippen molar-refractivity contribution in [1.29, 1.82) is 0 Å². The molecule has 0 aliphatic heterocycles. The van der Waals surface area contributed by atoms with Crippen molar-refractivity contribution in [2.24, 2.45) is 0 Å². The SMILES string of the molecule is CC/C=C\C/C=C\C/C=C\C/C=C\C/C=C\C/C=C\CCC(=O)OC(COC(=O)CCCCCCCCCCC/C=C\CCCCCCCCCC)COC(=O)CCCCCCCCCCCCCCCCC. The molecule has 0 fully saturated rings. The molecule has 1 atom stereocenters. The Labute approximate surface area is 452 Å². The van der Waals surface area contributed by atoms with Gasteiger partial charge in [-0.15, -0.1) is 0 Å². The van der Waals surface area contributed by atoms with Crippen molar-refractivity contribution < 1.29 is 28.6 Å². The monoisotopic (exact) mass is 1020 g/mol. The first-order chi connectivity index (χ1) is 36.0. The third-order valence-corrected chi connectivity index (χ3v) is 13.4. The number of hydrogen-bond donors (Lipinski definition) is 0. The molecule has 420 valence electrons. The summed E-state index contributed by atoms with van der Waals surface area (Å²) in [6.45, 7) is 6.50. The van der Waals surface area contributed by atoms with Crippen LogP contribution in [0.5, 0.6) is 0 Å². The lowest BCUT2D eigenvalue weighted by Gasteiger charge is -2.18. The Morgan fingerprint density at radius 1 is 0.288 bits per heavy atom. The van der Waals surface area contributed by atoms with E-state index in [0.717, 1.165) is 77.0 Å².